The third kappa shape index (κ3) is 3.44. The summed E-state index contributed by atoms with van der Waals surface area (Å²) in [6.07, 6.45) is 0. The first-order valence-electron chi connectivity index (χ1n) is 8.30. The SMILES string of the molecule is Cc1ccccc1C(=O)Nc1ccc(N2CCOCC2(C)C)cc1. The Bertz CT molecular complexity index is 723. The molecular weight excluding hydrogens is 300 g/mol. The fourth-order valence-electron chi connectivity index (χ4n) is 3.09. The zero-order chi connectivity index (χ0) is 17.2. The van der Waals surface area contributed by atoms with Gasteiger partial charge in [-0.25, -0.2) is 0 Å². The molecule has 1 amide bonds. The lowest BCUT2D eigenvalue weighted by atomic mass is 10.0. The average molecular weight is 324 g/mol. The van der Waals surface area contributed by atoms with Crippen LogP contribution in [0.3, 0.4) is 0 Å². The van der Waals surface area contributed by atoms with Crippen molar-refractivity contribution in [3.63, 3.8) is 0 Å². The predicted octanol–water partition coefficient (Wildman–Crippen LogP) is 3.86. The standard InChI is InChI=1S/C20H24N2O2/c1-15-6-4-5-7-18(15)19(23)21-16-8-10-17(11-9-16)22-12-13-24-14-20(22,2)3/h4-11H,12-14H2,1-3H3,(H,21,23). The molecule has 1 fully saturated rings. The summed E-state index contributed by atoms with van der Waals surface area (Å²) in [5, 5.41) is 2.97. The number of anilines is 2. The number of amides is 1. The molecule has 4 heteroatoms. The number of nitrogens with zero attached hydrogens (tertiary/aromatic N) is 1. The first kappa shape index (κ1) is 16.5. The first-order valence-corrected chi connectivity index (χ1v) is 8.30. The lowest BCUT2D eigenvalue weighted by Gasteiger charge is -2.43. The van der Waals surface area contributed by atoms with Gasteiger partial charge in [0.2, 0.25) is 0 Å². The van der Waals surface area contributed by atoms with E-state index >= 15 is 0 Å². The molecule has 0 aliphatic carbocycles. The van der Waals surface area contributed by atoms with Crippen LogP contribution in [0.4, 0.5) is 11.4 Å². The number of benzene rings is 2. The summed E-state index contributed by atoms with van der Waals surface area (Å²) in [5.41, 5.74) is 3.61. The third-order valence-corrected chi connectivity index (χ3v) is 4.47. The lowest BCUT2D eigenvalue weighted by molar-refractivity contribution is 0.0644. The zero-order valence-electron chi connectivity index (χ0n) is 14.5. The molecule has 24 heavy (non-hydrogen) atoms. The fraction of sp³-hybridized carbons (Fsp3) is 0.350. The molecule has 0 aromatic heterocycles. The molecule has 1 aliphatic heterocycles. The van der Waals surface area contributed by atoms with E-state index in [9.17, 15) is 4.79 Å². The Morgan fingerprint density at radius 2 is 1.83 bits per heavy atom. The highest BCUT2D eigenvalue weighted by Crippen LogP contribution is 2.28. The van der Waals surface area contributed by atoms with Gasteiger partial charge in [-0.2, -0.15) is 0 Å². The summed E-state index contributed by atoms with van der Waals surface area (Å²) < 4.78 is 5.57. The van der Waals surface area contributed by atoms with E-state index < -0.39 is 0 Å². The molecule has 0 bridgehead atoms. The molecule has 2 aromatic carbocycles. The Balaban J connectivity index is 1.73. The van der Waals surface area contributed by atoms with Gasteiger partial charge in [0, 0.05) is 23.5 Å². The van der Waals surface area contributed by atoms with Crippen LogP contribution in [-0.2, 0) is 4.74 Å². The second kappa shape index (κ2) is 6.65. The number of hydrogen-bond donors (Lipinski definition) is 1. The Labute approximate surface area is 143 Å². The van der Waals surface area contributed by atoms with E-state index in [0.717, 1.165) is 36.7 Å². The summed E-state index contributed by atoms with van der Waals surface area (Å²) >= 11 is 0. The number of carbonyl (C=O) groups is 1. The van der Waals surface area contributed by atoms with Crippen LogP contribution in [0.15, 0.2) is 48.5 Å². The van der Waals surface area contributed by atoms with Gasteiger partial charge >= 0.3 is 0 Å². The van der Waals surface area contributed by atoms with Gasteiger partial charge in [-0.05, 0) is 56.7 Å². The van der Waals surface area contributed by atoms with E-state index in [1.54, 1.807) is 0 Å². The van der Waals surface area contributed by atoms with E-state index in [1.807, 2.05) is 43.3 Å². The van der Waals surface area contributed by atoms with E-state index in [-0.39, 0.29) is 11.4 Å². The van der Waals surface area contributed by atoms with Gasteiger partial charge in [-0.1, -0.05) is 18.2 Å². The zero-order valence-corrected chi connectivity index (χ0v) is 14.5. The van der Waals surface area contributed by atoms with Crippen LogP contribution < -0.4 is 10.2 Å². The molecule has 2 aromatic rings. The van der Waals surface area contributed by atoms with Crippen LogP contribution in [0.25, 0.3) is 0 Å². The van der Waals surface area contributed by atoms with Crippen molar-refractivity contribution in [1.82, 2.24) is 0 Å². The Morgan fingerprint density at radius 3 is 2.50 bits per heavy atom. The molecule has 126 valence electrons. The van der Waals surface area contributed by atoms with Crippen LogP contribution in [0.1, 0.15) is 29.8 Å². The topological polar surface area (TPSA) is 41.6 Å². The van der Waals surface area contributed by atoms with Crippen molar-refractivity contribution >= 4 is 17.3 Å². The van der Waals surface area contributed by atoms with Crippen molar-refractivity contribution in [2.75, 3.05) is 30.0 Å². The molecule has 1 aliphatic rings. The minimum Gasteiger partial charge on any atom is -0.377 e. The molecule has 1 N–H and O–H groups in total. The summed E-state index contributed by atoms with van der Waals surface area (Å²) in [6.45, 7) is 8.65. The smallest absolute Gasteiger partial charge is 0.255 e. The van der Waals surface area contributed by atoms with Crippen LogP contribution in [0.2, 0.25) is 0 Å². The van der Waals surface area contributed by atoms with Crippen LogP contribution in [0, 0.1) is 6.92 Å². The van der Waals surface area contributed by atoms with Gasteiger partial charge in [0.25, 0.3) is 5.91 Å². The van der Waals surface area contributed by atoms with Gasteiger partial charge in [0.05, 0.1) is 18.8 Å². The third-order valence-electron chi connectivity index (χ3n) is 4.47. The van der Waals surface area contributed by atoms with Crippen molar-refractivity contribution in [3.05, 3.63) is 59.7 Å². The molecule has 1 heterocycles. The first-order chi connectivity index (χ1) is 11.5. The average Bonchev–Trinajstić information content (AvgIpc) is 2.56. The summed E-state index contributed by atoms with van der Waals surface area (Å²) in [5.74, 6) is -0.0763. The summed E-state index contributed by atoms with van der Waals surface area (Å²) in [6, 6.07) is 15.6. The quantitative estimate of drug-likeness (QED) is 0.932. The number of morpholine rings is 1. The second-order valence-electron chi connectivity index (χ2n) is 6.83. The van der Waals surface area contributed by atoms with Crippen LogP contribution in [0.5, 0.6) is 0 Å². The molecule has 3 rings (SSSR count). The number of ether oxygens (including phenoxy) is 1. The van der Waals surface area contributed by atoms with E-state index in [2.05, 4.69) is 36.2 Å². The predicted molar refractivity (Wildman–Crippen MR) is 97.8 cm³/mol. The van der Waals surface area contributed by atoms with Gasteiger partial charge in [-0.15, -0.1) is 0 Å². The minimum absolute atomic E-state index is 0.0236. The molecule has 0 unspecified atom stereocenters. The van der Waals surface area contributed by atoms with E-state index in [1.165, 1.54) is 0 Å². The highest BCUT2D eigenvalue weighted by atomic mass is 16.5. The highest BCUT2D eigenvalue weighted by molar-refractivity contribution is 6.05. The maximum atomic E-state index is 12.4. The monoisotopic (exact) mass is 324 g/mol. The Morgan fingerprint density at radius 1 is 1.12 bits per heavy atom. The Hall–Kier alpha value is -2.33. The van der Waals surface area contributed by atoms with Gasteiger partial charge in [-0.3, -0.25) is 4.79 Å². The molecule has 0 saturated carbocycles. The van der Waals surface area contributed by atoms with Crippen molar-refractivity contribution in [1.29, 1.82) is 0 Å². The van der Waals surface area contributed by atoms with Crippen molar-refractivity contribution < 1.29 is 9.53 Å². The maximum Gasteiger partial charge on any atom is 0.255 e. The molecule has 1 saturated heterocycles. The highest BCUT2D eigenvalue weighted by Gasteiger charge is 2.30. The normalized spacial score (nSPS) is 16.7. The van der Waals surface area contributed by atoms with Crippen LogP contribution in [-0.4, -0.2) is 31.2 Å². The second-order valence-corrected chi connectivity index (χ2v) is 6.83. The van der Waals surface area contributed by atoms with Crippen LogP contribution >= 0.6 is 0 Å². The fourth-order valence-corrected chi connectivity index (χ4v) is 3.09. The van der Waals surface area contributed by atoms with Crippen molar-refractivity contribution in [3.8, 4) is 0 Å². The molecular formula is C20H24N2O2. The molecule has 0 radical (unpaired) electrons. The van der Waals surface area contributed by atoms with E-state index in [4.69, 9.17) is 4.74 Å². The summed E-state index contributed by atoms with van der Waals surface area (Å²) in [7, 11) is 0. The number of rotatable bonds is 3. The molecule has 4 nitrogen and oxygen atoms in total. The number of nitrogens with one attached hydrogen (secondary N) is 1. The van der Waals surface area contributed by atoms with Crippen molar-refractivity contribution in [2.24, 2.45) is 0 Å². The largest absolute Gasteiger partial charge is 0.377 e. The van der Waals surface area contributed by atoms with Gasteiger partial charge in [0.1, 0.15) is 0 Å². The summed E-state index contributed by atoms with van der Waals surface area (Å²) in [4.78, 5) is 14.7. The number of hydrogen-bond acceptors (Lipinski definition) is 3. The van der Waals surface area contributed by atoms with Gasteiger partial charge in [0.15, 0.2) is 0 Å². The van der Waals surface area contributed by atoms with E-state index in [0.29, 0.717) is 5.56 Å². The lowest BCUT2D eigenvalue weighted by Crippen LogP contribution is -2.53. The molecule has 0 atom stereocenters. The van der Waals surface area contributed by atoms with Crippen molar-refractivity contribution in [2.45, 2.75) is 26.3 Å². The maximum absolute atomic E-state index is 12.4. The molecule has 0 spiro atoms. The van der Waals surface area contributed by atoms with Gasteiger partial charge < -0.3 is 15.0 Å². The number of carbonyl (C=O) groups excluding carboxylic acids is 1. The number of aryl methyl sites for hydroxylation is 1. The minimum atomic E-state index is -0.0763. The Kier molecular flexibility index (Phi) is 4.58.